The Morgan fingerprint density at radius 3 is 0.865 bits per heavy atom. The Labute approximate surface area is 231 Å². The Balaban J connectivity index is 3.58. The molecule has 0 aliphatic heterocycles. The summed E-state index contributed by atoms with van der Waals surface area (Å²) in [6.45, 7) is 8.53. The molecule has 0 aromatic carbocycles. The van der Waals surface area contributed by atoms with Gasteiger partial charge in [0.15, 0.2) is 5.41 Å². The highest BCUT2D eigenvalue weighted by atomic mass is 16.6. The minimum atomic E-state index is -1.23. The summed E-state index contributed by atoms with van der Waals surface area (Å²) in [7, 11) is 0. The number of unbranched alkanes of at least 4 members (excludes halogenated alkanes) is 22. The third-order valence-electron chi connectivity index (χ3n) is 7.48. The maximum absolute atomic E-state index is 12.4. The van der Waals surface area contributed by atoms with Crippen LogP contribution in [0.5, 0.6) is 0 Å². The first-order chi connectivity index (χ1) is 18.0. The van der Waals surface area contributed by atoms with E-state index in [-0.39, 0.29) is 0 Å². The number of hydrogen-bond acceptors (Lipinski definition) is 4. The van der Waals surface area contributed by atoms with E-state index in [9.17, 15) is 9.59 Å². The van der Waals surface area contributed by atoms with Crippen molar-refractivity contribution >= 4 is 11.9 Å². The van der Waals surface area contributed by atoms with E-state index in [0.29, 0.717) is 13.2 Å². The number of rotatable bonds is 28. The van der Waals surface area contributed by atoms with Crippen LogP contribution in [-0.2, 0) is 19.1 Å². The van der Waals surface area contributed by atoms with Crippen LogP contribution in [-0.4, -0.2) is 25.2 Å². The fraction of sp³-hybridized carbons (Fsp3) is 0.939. The molecule has 0 saturated heterocycles. The second-order valence-corrected chi connectivity index (χ2v) is 11.7. The van der Waals surface area contributed by atoms with E-state index >= 15 is 0 Å². The molecule has 0 aliphatic carbocycles. The average molecular weight is 525 g/mol. The lowest BCUT2D eigenvalue weighted by atomic mass is 9.94. The highest BCUT2D eigenvalue weighted by Gasteiger charge is 2.39. The highest BCUT2D eigenvalue weighted by molar-refractivity contribution is 5.99. The van der Waals surface area contributed by atoms with Crippen LogP contribution in [0.1, 0.15) is 182 Å². The quantitative estimate of drug-likeness (QED) is 0.0580. The van der Waals surface area contributed by atoms with Gasteiger partial charge in [0.1, 0.15) is 0 Å². The molecule has 0 aromatic rings. The first kappa shape index (κ1) is 35.9. The van der Waals surface area contributed by atoms with Gasteiger partial charge in [0, 0.05) is 0 Å². The molecule has 0 fully saturated rings. The van der Waals surface area contributed by atoms with Crippen molar-refractivity contribution in [3.05, 3.63) is 0 Å². The minimum absolute atomic E-state index is 0.394. The largest absolute Gasteiger partial charge is 0.465 e. The lowest BCUT2D eigenvalue weighted by Gasteiger charge is -2.20. The lowest BCUT2D eigenvalue weighted by molar-refractivity contribution is -0.170. The second-order valence-electron chi connectivity index (χ2n) is 11.7. The smallest absolute Gasteiger partial charge is 0.322 e. The Morgan fingerprint density at radius 2 is 0.622 bits per heavy atom. The number of esters is 2. The van der Waals surface area contributed by atoms with Crippen molar-refractivity contribution in [2.45, 2.75) is 182 Å². The topological polar surface area (TPSA) is 52.6 Å². The summed E-state index contributed by atoms with van der Waals surface area (Å²) in [6, 6.07) is 0. The second kappa shape index (κ2) is 26.5. The summed E-state index contributed by atoms with van der Waals surface area (Å²) in [6.07, 6.45) is 30.6. The number of hydrogen-bond donors (Lipinski definition) is 0. The Morgan fingerprint density at radius 1 is 0.405 bits per heavy atom. The molecular formula is C33H64O4. The van der Waals surface area contributed by atoms with E-state index in [2.05, 4.69) is 13.8 Å². The summed E-state index contributed by atoms with van der Waals surface area (Å²) in [5.74, 6) is -0.926. The minimum Gasteiger partial charge on any atom is -0.465 e. The van der Waals surface area contributed by atoms with E-state index in [0.717, 1.165) is 25.7 Å². The van der Waals surface area contributed by atoms with Gasteiger partial charge >= 0.3 is 11.9 Å². The molecule has 4 nitrogen and oxygen atoms in total. The zero-order chi connectivity index (χ0) is 27.5. The van der Waals surface area contributed by atoms with E-state index in [1.807, 2.05) is 0 Å². The monoisotopic (exact) mass is 524 g/mol. The third kappa shape index (κ3) is 22.6. The van der Waals surface area contributed by atoms with Crippen LogP contribution < -0.4 is 0 Å². The number of carbonyl (C=O) groups excluding carboxylic acids is 2. The molecule has 0 saturated carbocycles. The molecule has 0 heterocycles. The van der Waals surface area contributed by atoms with Crippen molar-refractivity contribution in [2.24, 2.45) is 5.41 Å². The van der Waals surface area contributed by atoms with Crippen molar-refractivity contribution in [1.29, 1.82) is 0 Å². The van der Waals surface area contributed by atoms with Gasteiger partial charge in [0.2, 0.25) is 0 Å². The zero-order valence-electron chi connectivity index (χ0n) is 25.5. The van der Waals surface area contributed by atoms with E-state index < -0.39 is 17.4 Å². The zero-order valence-corrected chi connectivity index (χ0v) is 25.5. The molecule has 0 spiro atoms. The maximum atomic E-state index is 12.4. The number of ether oxygens (including phenoxy) is 2. The van der Waals surface area contributed by atoms with Crippen molar-refractivity contribution in [1.82, 2.24) is 0 Å². The maximum Gasteiger partial charge on any atom is 0.322 e. The number of carbonyl (C=O) groups is 2. The van der Waals surface area contributed by atoms with E-state index in [1.165, 1.54) is 128 Å². The van der Waals surface area contributed by atoms with Gasteiger partial charge in [0.05, 0.1) is 13.2 Å². The predicted molar refractivity (Wildman–Crippen MR) is 158 cm³/mol. The standard InChI is InChI=1S/C33H64O4/c1-5-7-9-11-13-15-17-18-19-20-22-24-26-28-30-37-32(35)33(3,4)31(34)36-29-27-25-23-21-16-14-12-10-8-6-2/h5-30H2,1-4H3. The van der Waals surface area contributed by atoms with Gasteiger partial charge in [-0.25, -0.2) is 0 Å². The van der Waals surface area contributed by atoms with Crippen LogP contribution in [0.15, 0.2) is 0 Å². The van der Waals surface area contributed by atoms with Gasteiger partial charge in [-0.05, 0) is 26.7 Å². The van der Waals surface area contributed by atoms with Crippen molar-refractivity contribution < 1.29 is 19.1 Å². The van der Waals surface area contributed by atoms with Crippen molar-refractivity contribution in [3.63, 3.8) is 0 Å². The predicted octanol–water partition coefficient (Wildman–Crippen LogP) is 10.5. The molecule has 0 N–H and O–H groups in total. The molecule has 0 amide bonds. The molecule has 220 valence electrons. The summed E-state index contributed by atoms with van der Waals surface area (Å²) >= 11 is 0. The molecule has 0 atom stereocenters. The highest BCUT2D eigenvalue weighted by Crippen LogP contribution is 2.21. The lowest BCUT2D eigenvalue weighted by Crippen LogP contribution is -2.37. The Bertz CT molecular complexity index is 514. The van der Waals surface area contributed by atoms with Crippen LogP contribution >= 0.6 is 0 Å². The van der Waals surface area contributed by atoms with Crippen LogP contribution in [0.3, 0.4) is 0 Å². The average Bonchev–Trinajstić information content (AvgIpc) is 2.89. The molecular weight excluding hydrogens is 460 g/mol. The van der Waals surface area contributed by atoms with Crippen LogP contribution in [0.25, 0.3) is 0 Å². The summed E-state index contributed by atoms with van der Waals surface area (Å²) in [4.78, 5) is 24.8. The van der Waals surface area contributed by atoms with E-state index in [1.54, 1.807) is 13.8 Å². The fourth-order valence-corrected chi connectivity index (χ4v) is 4.66. The summed E-state index contributed by atoms with van der Waals surface area (Å²) in [5.41, 5.74) is -1.23. The van der Waals surface area contributed by atoms with Gasteiger partial charge in [-0.15, -0.1) is 0 Å². The SMILES string of the molecule is CCCCCCCCCCCCCCCCOC(=O)C(C)(C)C(=O)OCCCCCCCCCCCC. The first-order valence-corrected chi connectivity index (χ1v) is 16.3. The van der Waals surface area contributed by atoms with Gasteiger partial charge in [-0.1, -0.05) is 155 Å². The summed E-state index contributed by atoms with van der Waals surface area (Å²) in [5, 5.41) is 0. The van der Waals surface area contributed by atoms with Crippen molar-refractivity contribution in [3.8, 4) is 0 Å². The summed E-state index contributed by atoms with van der Waals surface area (Å²) < 4.78 is 10.8. The molecule has 0 rings (SSSR count). The van der Waals surface area contributed by atoms with Gasteiger partial charge in [0.25, 0.3) is 0 Å². The van der Waals surface area contributed by atoms with Crippen LogP contribution in [0.2, 0.25) is 0 Å². The normalized spacial score (nSPS) is 11.6. The van der Waals surface area contributed by atoms with Crippen LogP contribution in [0, 0.1) is 5.41 Å². The van der Waals surface area contributed by atoms with Gasteiger partial charge < -0.3 is 9.47 Å². The first-order valence-electron chi connectivity index (χ1n) is 16.3. The molecule has 0 aliphatic rings. The molecule has 0 bridgehead atoms. The Hall–Kier alpha value is -1.06. The van der Waals surface area contributed by atoms with E-state index in [4.69, 9.17) is 9.47 Å². The van der Waals surface area contributed by atoms with Crippen LogP contribution in [0.4, 0.5) is 0 Å². The van der Waals surface area contributed by atoms with Crippen molar-refractivity contribution in [2.75, 3.05) is 13.2 Å². The Kier molecular flexibility index (Phi) is 25.8. The molecule has 4 heteroatoms. The van der Waals surface area contributed by atoms with Gasteiger partial charge in [-0.2, -0.15) is 0 Å². The molecule has 0 radical (unpaired) electrons. The molecule has 0 unspecified atom stereocenters. The molecule has 37 heavy (non-hydrogen) atoms. The fourth-order valence-electron chi connectivity index (χ4n) is 4.66. The third-order valence-corrected chi connectivity index (χ3v) is 7.48. The van der Waals surface area contributed by atoms with Gasteiger partial charge in [-0.3, -0.25) is 9.59 Å². The molecule has 0 aromatic heterocycles.